The number of nitrogens with zero attached hydrogens (tertiary/aromatic N) is 1. The lowest BCUT2D eigenvalue weighted by Gasteiger charge is -2.33. The van der Waals surface area contributed by atoms with Crippen LogP contribution in [0.4, 0.5) is 0 Å². The second kappa shape index (κ2) is 29.4. The van der Waals surface area contributed by atoms with Gasteiger partial charge in [-0.05, 0) is 0 Å². The molecular weight excluding hydrogens is 566 g/mol. The second-order valence-electron chi connectivity index (χ2n) is 8.93. The summed E-state index contributed by atoms with van der Waals surface area (Å²) in [5, 5.41) is 5.33. The number of hydrogen-bond acceptors (Lipinski definition) is 8. The van der Waals surface area contributed by atoms with E-state index in [2.05, 4.69) is 28.4 Å². The van der Waals surface area contributed by atoms with Crippen LogP contribution in [0.5, 0.6) is 0 Å². The Balaban J connectivity index is -0.00000200. The summed E-state index contributed by atoms with van der Waals surface area (Å²) in [4.78, 5) is 48.1. The third kappa shape index (κ3) is 21.1. The Morgan fingerprint density at radius 2 is 1.02 bits per heavy atom. The molecule has 1 aliphatic rings. The molecule has 0 atom stereocenters. The van der Waals surface area contributed by atoms with Gasteiger partial charge in [0.25, 0.3) is 11.8 Å². The number of hydrogen-bond donors (Lipinski definition) is 2. The summed E-state index contributed by atoms with van der Waals surface area (Å²) >= 11 is 0. The lowest BCUT2D eigenvalue weighted by Crippen LogP contribution is -2.42. The van der Waals surface area contributed by atoms with Crippen LogP contribution in [0.3, 0.4) is 0 Å². The molecule has 0 fully saturated rings. The van der Waals surface area contributed by atoms with Crippen molar-refractivity contribution in [3.63, 3.8) is 0 Å². The monoisotopic (exact) mass is 621 g/mol. The molecule has 2 N–H and O–H groups in total. The van der Waals surface area contributed by atoms with E-state index in [1.54, 1.807) is 0 Å². The van der Waals surface area contributed by atoms with Crippen LogP contribution < -0.4 is 10.6 Å². The van der Waals surface area contributed by atoms with Gasteiger partial charge in [-0.25, -0.2) is 0 Å². The van der Waals surface area contributed by atoms with E-state index in [4.69, 9.17) is 38.2 Å². The zero-order valence-electron chi connectivity index (χ0n) is 22.9. The van der Waals surface area contributed by atoms with E-state index in [1.165, 1.54) is 0 Å². The van der Waals surface area contributed by atoms with Crippen molar-refractivity contribution in [3.8, 4) is 37.0 Å². The Morgan fingerprint density at radius 1 is 0.659 bits per heavy atom. The maximum Gasteiger partial charge on any atom is 0.253 e. The molecule has 11 nitrogen and oxygen atoms in total. The molecule has 4 amide bonds. The highest BCUT2D eigenvalue weighted by Gasteiger charge is 2.32. The van der Waals surface area contributed by atoms with Crippen LogP contribution in [0, 0.1) is 42.4 Å². The van der Waals surface area contributed by atoms with Crippen LogP contribution in [-0.2, 0) is 38.1 Å². The first-order valence-electron chi connectivity index (χ1n) is 13.1. The summed E-state index contributed by atoms with van der Waals surface area (Å²) in [7, 11) is 0. The first kappa shape index (κ1) is 47.3. The number of carbonyl (C=O) groups is 4. The lowest BCUT2D eigenvalue weighted by molar-refractivity contribution is -0.137. The molecule has 0 aromatic rings. The predicted octanol–water partition coefficient (Wildman–Crippen LogP) is 2.59. The summed E-state index contributed by atoms with van der Waals surface area (Å²) < 4.78 is 23.1. The lowest BCUT2D eigenvalue weighted by atomic mass is 9.92. The summed E-state index contributed by atoms with van der Waals surface area (Å²) in [6.07, 6.45) is 19.7. The fraction of sp³-hybridized carbons (Fsp3) is 0.636. The van der Waals surface area contributed by atoms with Crippen LogP contribution in [0.2, 0.25) is 0 Å². The predicted molar refractivity (Wildman–Crippen MR) is 174 cm³/mol. The minimum absolute atomic E-state index is 0. The third-order valence-corrected chi connectivity index (χ3v) is 5.51. The average Bonchev–Trinajstić information content (AvgIpc) is 3.27. The topological polar surface area (TPSA) is 132 Å². The molecule has 1 heterocycles. The Kier molecular flexibility index (Phi) is 31.6. The van der Waals surface area contributed by atoms with Crippen molar-refractivity contribution in [1.82, 2.24) is 15.5 Å². The molecule has 0 spiro atoms. The molecule has 0 aliphatic carbocycles. The number of terminal acetylenes is 3. The van der Waals surface area contributed by atoms with E-state index in [9.17, 15) is 19.2 Å². The van der Waals surface area contributed by atoms with Gasteiger partial charge in [0.15, 0.2) is 0 Å². The molecule has 0 radical (unpaired) electrons. The Bertz CT molecular complexity index is 902. The minimum Gasteiger partial charge on any atom is -0.380 e. The van der Waals surface area contributed by atoms with Gasteiger partial charge in [0.1, 0.15) is 0 Å². The molecule has 0 saturated carbocycles. The molecule has 0 bridgehead atoms. The van der Waals surface area contributed by atoms with Gasteiger partial charge in [-0.2, -0.15) is 0 Å². The van der Waals surface area contributed by atoms with Gasteiger partial charge in [-0.15, -0.1) is 37.0 Å². The fourth-order valence-electron chi connectivity index (χ4n) is 3.41. The molecule has 0 saturated heterocycles. The Morgan fingerprint density at radius 3 is 1.41 bits per heavy atom. The van der Waals surface area contributed by atoms with Gasteiger partial charge in [0.05, 0.1) is 58.3 Å². The van der Waals surface area contributed by atoms with Crippen LogP contribution in [-0.4, -0.2) is 101 Å². The Hall–Kier alpha value is -3.66. The number of carbonyl (C=O) groups excluding carboxylic acids is 4. The molecule has 250 valence electrons. The van der Waals surface area contributed by atoms with Gasteiger partial charge in [-0.3, -0.25) is 24.1 Å². The van der Waals surface area contributed by atoms with E-state index in [-0.39, 0.29) is 107 Å². The zero-order chi connectivity index (χ0) is 29.5. The van der Waals surface area contributed by atoms with Crippen LogP contribution in [0.25, 0.3) is 0 Å². The Labute approximate surface area is 266 Å². The van der Waals surface area contributed by atoms with Gasteiger partial charge in [-0.1, -0.05) is 29.7 Å². The average molecular weight is 622 g/mol. The van der Waals surface area contributed by atoms with Gasteiger partial charge in [0.2, 0.25) is 11.8 Å². The number of imide groups is 1. The summed E-state index contributed by atoms with van der Waals surface area (Å²) in [6.45, 7) is 2.69. The highest BCUT2D eigenvalue weighted by Crippen LogP contribution is 2.21. The smallest absolute Gasteiger partial charge is 0.253 e. The number of ether oxygens (including phenoxy) is 4. The fourth-order valence-corrected chi connectivity index (χ4v) is 3.41. The number of amides is 4. The van der Waals surface area contributed by atoms with E-state index in [1.807, 2.05) is 0 Å². The van der Waals surface area contributed by atoms with Crippen LogP contribution in [0.1, 0.15) is 61.8 Å². The maximum atomic E-state index is 12.2. The second-order valence-corrected chi connectivity index (χ2v) is 8.93. The largest absolute Gasteiger partial charge is 0.380 e. The van der Waals surface area contributed by atoms with Crippen LogP contribution in [0.15, 0.2) is 12.2 Å². The van der Waals surface area contributed by atoms with Crippen molar-refractivity contribution < 1.29 is 38.1 Å². The van der Waals surface area contributed by atoms with Crippen molar-refractivity contribution in [3.05, 3.63) is 12.2 Å². The van der Waals surface area contributed by atoms with Crippen molar-refractivity contribution in [2.24, 2.45) is 5.41 Å². The van der Waals surface area contributed by atoms with E-state index in [0.717, 1.165) is 17.1 Å². The van der Waals surface area contributed by atoms with E-state index in [0.29, 0.717) is 39.1 Å². The molecule has 1 aliphatic heterocycles. The van der Waals surface area contributed by atoms with Crippen molar-refractivity contribution >= 4 is 23.6 Å². The molecule has 0 unspecified atom stereocenters. The third-order valence-electron chi connectivity index (χ3n) is 5.51. The highest BCUT2D eigenvalue weighted by molar-refractivity contribution is 6.13. The number of nitrogens with one attached hydrogen (secondary N) is 2. The van der Waals surface area contributed by atoms with Gasteiger partial charge >= 0.3 is 0 Å². The molecule has 44 heavy (non-hydrogen) atoms. The molecule has 11 heteroatoms. The normalized spacial score (nSPS) is 11.4. The maximum absolute atomic E-state index is 12.2. The summed E-state index contributed by atoms with van der Waals surface area (Å²) in [5.74, 6) is 6.13. The molecular formula is C33H55N3O8. The molecule has 0 aromatic heterocycles. The van der Waals surface area contributed by atoms with Crippen molar-refractivity contribution in [2.75, 3.05) is 72.5 Å². The standard InChI is InChI=1S/C29H39N3O8.4CH4/c1-4-7-17-37-21-29(22-38-18-8-5-2,23-39-19-9-6-3)24-40-20-13-26(34)31-15-14-30-25(33)12-16-32-27(35)10-11-28(32)36;;;;/h1-3,10-11H,7-9,12-24H2,(H,30,33)(H,31,34);4*1H4. The highest BCUT2D eigenvalue weighted by atomic mass is 16.5. The van der Waals surface area contributed by atoms with Gasteiger partial charge in [0, 0.05) is 63.9 Å². The van der Waals surface area contributed by atoms with E-state index >= 15 is 0 Å². The summed E-state index contributed by atoms with van der Waals surface area (Å²) in [6, 6.07) is 0. The van der Waals surface area contributed by atoms with Gasteiger partial charge < -0.3 is 29.6 Å². The summed E-state index contributed by atoms with van der Waals surface area (Å²) in [5.41, 5.74) is -0.654. The number of rotatable bonds is 23. The van der Waals surface area contributed by atoms with Crippen LogP contribution >= 0.6 is 0 Å². The minimum atomic E-state index is -0.654. The first-order valence-corrected chi connectivity index (χ1v) is 13.1. The SMILES string of the molecule is C.C.C.C.C#CCCOCC(COCCC#C)(COCCC#C)COCCC(=O)NCCNC(=O)CCN1C(=O)C=CC1=O. The zero-order valence-corrected chi connectivity index (χ0v) is 22.9. The van der Waals surface area contributed by atoms with E-state index < -0.39 is 17.2 Å². The molecule has 1 rings (SSSR count). The quantitative estimate of drug-likeness (QED) is 0.101. The molecule has 0 aromatic carbocycles. The van der Waals surface area contributed by atoms with Crippen molar-refractivity contribution in [1.29, 1.82) is 0 Å². The first-order chi connectivity index (χ1) is 19.4. The van der Waals surface area contributed by atoms with Crippen molar-refractivity contribution in [2.45, 2.75) is 61.8 Å².